The third-order valence-corrected chi connectivity index (χ3v) is 3.80. The van der Waals surface area contributed by atoms with Gasteiger partial charge in [0.2, 0.25) is 0 Å². The van der Waals surface area contributed by atoms with E-state index in [0.29, 0.717) is 11.4 Å². The van der Waals surface area contributed by atoms with Gasteiger partial charge in [0.05, 0.1) is 5.56 Å². The smallest absolute Gasteiger partial charge is 0.258 e. The van der Waals surface area contributed by atoms with Crippen molar-refractivity contribution in [3.8, 4) is 0 Å². The topological polar surface area (TPSA) is 66.9 Å². The molecule has 116 valence electrons. The van der Waals surface area contributed by atoms with E-state index in [0.717, 1.165) is 23.3 Å². The molecule has 0 unspecified atom stereocenters. The quantitative estimate of drug-likeness (QED) is 0.727. The molecule has 22 heavy (non-hydrogen) atoms. The van der Waals surface area contributed by atoms with Crippen molar-refractivity contribution in [1.82, 2.24) is 10.2 Å². The Hall–Kier alpha value is -1.95. The Morgan fingerprint density at radius 2 is 1.82 bits per heavy atom. The van der Waals surface area contributed by atoms with Gasteiger partial charge in [-0.2, -0.15) is 0 Å². The lowest BCUT2D eigenvalue weighted by molar-refractivity contribution is 0.102. The first-order valence-electron chi connectivity index (χ1n) is 7.34. The van der Waals surface area contributed by atoms with Crippen LogP contribution >= 0.6 is 15.9 Å². The Balaban J connectivity index is 1.91. The van der Waals surface area contributed by atoms with Gasteiger partial charge in [-0.15, -0.1) is 10.2 Å². The monoisotopic (exact) mass is 362 g/mol. The summed E-state index contributed by atoms with van der Waals surface area (Å²) in [6.07, 6.45) is 3.49. The number of nitrogens with one attached hydrogen (secondary N) is 2. The molecule has 2 aromatic rings. The van der Waals surface area contributed by atoms with E-state index in [9.17, 15) is 4.79 Å². The average molecular weight is 363 g/mol. The van der Waals surface area contributed by atoms with Gasteiger partial charge < -0.3 is 10.6 Å². The average Bonchev–Trinajstić information content (AvgIpc) is 2.53. The number of hydrogen-bond acceptors (Lipinski definition) is 4. The number of rotatable bonds is 7. The molecule has 2 rings (SSSR count). The molecule has 0 spiro atoms. The third kappa shape index (κ3) is 4.80. The highest BCUT2D eigenvalue weighted by Crippen LogP contribution is 2.17. The van der Waals surface area contributed by atoms with E-state index in [4.69, 9.17) is 0 Å². The lowest BCUT2D eigenvalue weighted by Gasteiger charge is -2.07. The van der Waals surface area contributed by atoms with Crippen LogP contribution in [0.25, 0.3) is 0 Å². The Morgan fingerprint density at radius 3 is 2.50 bits per heavy atom. The molecule has 0 fully saturated rings. The van der Waals surface area contributed by atoms with Gasteiger partial charge in [-0.1, -0.05) is 31.9 Å². The lowest BCUT2D eigenvalue weighted by Crippen LogP contribution is -2.14. The number of unbranched alkanes of at least 4 members (excludes halogenated alkanes) is 2. The molecule has 6 heteroatoms. The van der Waals surface area contributed by atoms with E-state index >= 15 is 0 Å². The van der Waals surface area contributed by atoms with Gasteiger partial charge in [-0.3, -0.25) is 4.79 Å². The van der Waals surface area contributed by atoms with Crippen molar-refractivity contribution in [2.24, 2.45) is 0 Å². The predicted molar refractivity (Wildman–Crippen MR) is 92.1 cm³/mol. The number of benzene rings is 1. The fraction of sp³-hybridized carbons (Fsp3) is 0.312. The van der Waals surface area contributed by atoms with Gasteiger partial charge >= 0.3 is 0 Å². The van der Waals surface area contributed by atoms with Gasteiger partial charge in [0.15, 0.2) is 5.82 Å². The summed E-state index contributed by atoms with van der Waals surface area (Å²) in [5.74, 6) is 0.931. The SMILES string of the molecule is CCCCCNc1ccc(NC(=O)c2ccccc2Br)nn1. The molecule has 0 saturated heterocycles. The minimum Gasteiger partial charge on any atom is -0.369 e. The van der Waals surface area contributed by atoms with E-state index in [-0.39, 0.29) is 5.91 Å². The van der Waals surface area contributed by atoms with Crippen molar-refractivity contribution < 1.29 is 4.79 Å². The molecule has 5 nitrogen and oxygen atoms in total. The van der Waals surface area contributed by atoms with Gasteiger partial charge in [-0.05, 0) is 46.6 Å². The normalized spacial score (nSPS) is 10.3. The van der Waals surface area contributed by atoms with E-state index in [2.05, 4.69) is 43.7 Å². The highest BCUT2D eigenvalue weighted by molar-refractivity contribution is 9.10. The van der Waals surface area contributed by atoms with Crippen LogP contribution in [-0.4, -0.2) is 22.6 Å². The zero-order valence-corrected chi connectivity index (χ0v) is 14.1. The molecule has 0 aliphatic heterocycles. The van der Waals surface area contributed by atoms with E-state index in [1.54, 1.807) is 12.1 Å². The summed E-state index contributed by atoms with van der Waals surface area (Å²) < 4.78 is 0.745. The second-order valence-electron chi connectivity index (χ2n) is 4.87. The van der Waals surface area contributed by atoms with Crippen LogP contribution in [-0.2, 0) is 0 Å². The maximum absolute atomic E-state index is 12.1. The van der Waals surface area contributed by atoms with Crippen molar-refractivity contribution in [3.05, 3.63) is 46.4 Å². The Labute approximate surface area is 138 Å². The van der Waals surface area contributed by atoms with Crippen LogP contribution in [0.4, 0.5) is 11.6 Å². The van der Waals surface area contributed by atoms with Crippen LogP contribution in [0, 0.1) is 0 Å². The van der Waals surface area contributed by atoms with Crippen LogP contribution in [0.15, 0.2) is 40.9 Å². The van der Waals surface area contributed by atoms with Gasteiger partial charge in [-0.25, -0.2) is 0 Å². The summed E-state index contributed by atoms with van der Waals surface area (Å²) in [7, 11) is 0. The second kappa shape index (κ2) is 8.48. The Morgan fingerprint density at radius 1 is 1.09 bits per heavy atom. The molecule has 1 aromatic heterocycles. The summed E-state index contributed by atoms with van der Waals surface area (Å²) >= 11 is 3.36. The first-order chi connectivity index (χ1) is 10.7. The number of aromatic nitrogens is 2. The fourth-order valence-electron chi connectivity index (χ4n) is 1.91. The Bertz CT molecular complexity index is 616. The maximum Gasteiger partial charge on any atom is 0.258 e. The highest BCUT2D eigenvalue weighted by atomic mass is 79.9. The van der Waals surface area contributed by atoms with Crippen molar-refractivity contribution >= 4 is 33.5 Å². The van der Waals surface area contributed by atoms with Crippen LogP contribution in [0.5, 0.6) is 0 Å². The van der Waals surface area contributed by atoms with Gasteiger partial charge in [0.25, 0.3) is 5.91 Å². The lowest BCUT2D eigenvalue weighted by atomic mass is 10.2. The third-order valence-electron chi connectivity index (χ3n) is 3.11. The molecule has 1 amide bonds. The number of carbonyl (C=O) groups excluding carboxylic acids is 1. The second-order valence-corrected chi connectivity index (χ2v) is 5.73. The molecular weight excluding hydrogens is 344 g/mol. The number of carbonyl (C=O) groups is 1. The van der Waals surface area contributed by atoms with Crippen LogP contribution in [0.1, 0.15) is 36.5 Å². The van der Waals surface area contributed by atoms with Gasteiger partial charge in [0, 0.05) is 11.0 Å². The van der Waals surface area contributed by atoms with Crippen molar-refractivity contribution in [1.29, 1.82) is 0 Å². The minimum absolute atomic E-state index is 0.217. The summed E-state index contributed by atoms with van der Waals surface area (Å²) in [5.41, 5.74) is 0.561. The number of nitrogens with zero attached hydrogens (tertiary/aromatic N) is 2. The van der Waals surface area contributed by atoms with Crippen LogP contribution in [0.3, 0.4) is 0 Å². The first-order valence-corrected chi connectivity index (χ1v) is 8.13. The predicted octanol–water partition coefficient (Wildman–Crippen LogP) is 4.09. The molecule has 0 aliphatic rings. The number of amides is 1. The van der Waals surface area contributed by atoms with E-state index in [1.165, 1.54) is 12.8 Å². The summed E-state index contributed by atoms with van der Waals surface area (Å²) in [4.78, 5) is 12.1. The summed E-state index contributed by atoms with van der Waals surface area (Å²) in [5, 5.41) is 14.0. The molecule has 0 radical (unpaired) electrons. The largest absolute Gasteiger partial charge is 0.369 e. The zero-order chi connectivity index (χ0) is 15.8. The van der Waals surface area contributed by atoms with Crippen molar-refractivity contribution in [3.63, 3.8) is 0 Å². The number of halogens is 1. The summed E-state index contributed by atoms with van der Waals surface area (Å²) in [6.45, 7) is 3.05. The summed E-state index contributed by atoms with van der Waals surface area (Å²) in [6, 6.07) is 10.8. The highest BCUT2D eigenvalue weighted by Gasteiger charge is 2.10. The standard InChI is InChI=1S/C16H19BrN4O/c1-2-3-6-11-18-14-9-10-15(21-20-14)19-16(22)12-7-4-5-8-13(12)17/h4-5,7-10H,2-3,6,11H2,1H3,(H,18,20)(H,19,21,22). The number of anilines is 2. The van der Waals surface area contributed by atoms with Crippen LogP contribution in [0.2, 0.25) is 0 Å². The molecule has 0 aliphatic carbocycles. The molecule has 1 aromatic carbocycles. The van der Waals surface area contributed by atoms with E-state index in [1.807, 2.05) is 24.3 Å². The molecule has 0 atom stereocenters. The molecule has 1 heterocycles. The fourth-order valence-corrected chi connectivity index (χ4v) is 2.38. The molecule has 0 bridgehead atoms. The molecular formula is C16H19BrN4O. The first kappa shape index (κ1) is 16.4. The van der Waals surface area contributed by atoms with Crippen molar-refractivity contribution in [2.45, 2.75) is 26.2 Å². The molecule has 0 saturated carbocycles. The van der Waals surface area contributed by atoms with Gasteiger partial charge in [0.1, 0.15) is 5.82 Å². The Kier molecular flexibility index (Phi) is 6.33. The zero-order valence-electron chi connectivity index (χ0n) is 12.5. The van der Waals surface area contributed by atoms with Crippen LogP contribution < -0.4 is 10.6 Å². The number of hydrogen-bond donors (Lipinski definition) is 2. The molecule has 2 N–H and O–H groups in total. The van der Waals surface area contributed by atoms with Crippen molar-refractivity contribution in [2.75, 3.05) is 17.2 Å². The van der Waals surface area contributed by atoms with E-state index < -0.39 is 0 Å². The minimum atomic E-state index is -0.217. The maximum atomic E-state index is 12.1.